The number of pyridine rings is 2. The molecule has 1 aliphatic carbocycles. The lowest BCUT2D eigenvalue weighted by Crippen LogP contribution is -2.28. The van der Waals surface area contributed by atoms with Gasteiger partial charge in [-0.3, -0.25) is 19.9 Å². The minimum absolute atomic E-state index is 0.537. The second-order valence-corrected chi connectivity index (χ2v) is 13.4. The van der Waals surface area contributed by atoms with Crippen LogP contribution in [0.15, 0.2) is 157 Å². The van der Waals surface area contributed by atoms with Gasteiger partial charge in [0.15, 0.2) is 0 Å². The Morgan fingerprint density at radius 3 is 1.26 bits per heavy atom. The molecule has 8 aromatic rings. The Bertz CT molecular complexity index is 2180. The summed E-state index contributed by atoms with van der Waals surface area (Å²) in [5, 5.41) is 0. The van der Waals surface area contributed by atoms with E-state index in [1.54, 1.807) is 22.7 Å². The molecule has 47 heavy (non-hydrogen) atoms. The Hall–Kier alpha value is -5.56. The van der Waals surface area contributed by atoms with E-state index in [1.807, 2.05) is 48.2 Å². The Kier molecular flexibility index (Phi) is 6.70. The number of thiazole rings is 2. The number of hydrogen-bond donors (Lipinski definition) is 0. The molecule has 0 unspecified atom stereocenters. The molecule has 4 heterocycles. The maximum Gasteiger partial charge on any atom is 0.0797 e. The predicted molar refractivity (Wildman–Crippen MR) is 192 cm³/mol. The van der Waals surface area contributed by atoms with Crippen LogP contribution >= 0.6 is 22.7 Å². The highest BCUT2D eigenvalue weighted by molar-refractivity contribution is 7.13. The molecule has 0 radical (unpaired) electrons. The molecule has 0 atom stereocenters. The average Bonchev–Trinajstić information content (AvgIpc) is 3.93. The third-order valence-corrected chi connectivity index (χ3v) is 10.8. The number of hydrogen-bond acceptors (Lipinski definition) is 6. The van der Waals surface area contributed by atoms with Crippen LogP contribution in [0.25, 0.3) is 54.3 Å². The zero-order valence-electron chi connectivity index (χ0n) is 25.1. The van der Waals surface area contributed by atoms with Gasteiger partial charge >= 0.3 is 0 Å². The molecule has 0 fully saturated rings. The summed E-state index contributed by atoms with van der Waals surface area (Å²) in [6, 6.07) is 40.1. The topological polar surface area (TPSA) is 51.6 Å². The predicted octanol–water partition coefficient (Wildman–Crippen LogP) is 10.4. The lowest BCUT2D eigenvalue weighted by molar-refractivity contribution is 0.769. The van der Waals surface area contributed by atoms with E-state index < -0.39 is 5.41 Å². The molecule has 0 saturated heterocycles. The van der Waals surface area contributed by atoms with Crippen LogP contribution in [-0.4, -0.2) is 19.9 Å². The molecule has 4 nitrogen and oxygen atoms in total. The van der Waals surface area contributed by atoms with Gasteiger partial charge in [0.1, 0.15) is 0 Å². The van der Waals surface area contributed by atoms with E-state index in [9.17, 15) is 0 Å². The molecule has 0 bridgehead atoms. The van der Waals surface area contributed by atoms with E-state index in [-0.39, 0.29) is 0 Å². The summed E-state index contributed by atoms with van der Waals surface area (Å²) >= 11 is 3.25. The first-order valence-electron chi connectivity index (χ1n) is 15.4. The van der Waals surface area contributed by atoms with Crippen LogP contribution in [0.2, 0.25) is 0 Å². The Morgan fingerprint density at radius 1 is 0.383 bits per heavy atom. The molecule has 0 amide bonds. The van der Waals surface area contributed by atoms with Crippen molar-refractivity contribution in [3.63, 3.8) is 0 Å². The van der Waals surface area contributed by atoms with Crippen LogP contribution in [0.5, 0.6) is 0 Å². The Morgan fingerprint density at radius 2 is 0.830 bits per heavy atom. The number of rotatable bonds is 6. The van der Waals surface area contributed by atoms with Gasteiger partial charge in [-0.15, -0.1) is 22.7 Å². The number of aromatic nitrogens is 4. The standard InChI is InChI=1S/C41H26N4S2/c1-3-7-33(8-4-1)41(34-9-5-2-6-10-34)37-17-27(29-15-31(21-42-19-29)39-23-44-25-46-39)11-13-35(37)36-14-12-28(18-38(36)41)30-16-32(22-43-20-30)40-24-45-26-47-40/h1-26H. The fourth-order valence-electron chi connectivity index (χ4n) is 7.03. The smallest absolute Gasteiger partial charge is 0.0797 e. The van der Waals surface area contributed by atoms with Crippen molar-refractivity contribution in [2.24, 2.45) is 0 Å². The van der Waals surface area contributed by atoms with Gasteiger partial charge in [-0.1, -0.05) is 84.9 Å². The van der Waals surface area contributed by atoms with E-state index >= 15 is 0 Å². The summed E-state index contributed by atoms with van der Waals surface area (Å²) in [7, 11) is 0. The van der Waals surface area contributed by atoms with Crippen molar-refractivity contribution < 1.29 is 0 Å². The summed E-state index contributed by atoms with van der Waals surface area (Å²) in [6.07, 6.45) is 11.6. The first-order chi connectivity index (χ1) is 23.3. The van der Waals surface area contributed by atoms with E-state index in [4.69, 9.17) is 0 Å². The van der Waals surface area contributed by atoms with Crippen molar-refractivity contribution in [1.82, 2.24) is 19.9 Å². The normalized spacial score (nSPS) is 12.9. The van der Waals surface area contributed by atoms with Gasteiger partial charge in [0.2, 0.25) is 0 Å². The average molecular weight is 639 g/mol. The van der Waals surface area contributed by atoms with Gasteiger partial charge in [0.05, 0.1) is 26.2 Å². The van der Waals surface area contributed by atoms with E-state index in [2.05, 4.69) is 129 Å². The lowest BCUT2D eigenvalue weighted by Gasteiger charge is -2.34. The maximum atomic E-state index is 4.64. The molecule has 9 rings (SSSR count). The highest BCUT2D eigenvalue weighted by atomic mass is 32.1. The fourth-order valence-corrected chi connectivity index (χ4v) is 8.24. The maximum absolute atomic E-state index is 4.64. The van der Waals surface area contributed by atoms with Crippen LogP contribution in [0.3, 0.4) is 0 Å². The number of benzene rings is 4. The molecule has 0 N–H and O–H groups in total. The van der Waals surface area contributed by atoms with Crippen LogP contribution in [0.1, 0.15) is 22.3 Å². The molecule has 1 aliphatic rings. The molecular formula is C41H26N4S2. The summed E-state index contributed by atoms with van der Waals surface area (Å²) in [4.78, 5) is 20.1. The summed E-state index contributed by atoms with van der Waals surface area (Å²) in [5.41, 5.74) is 17.2. The first-order valence-corrected chi connectivity index (χ1v) is 17.1. The molecule has 0 spiro atoms. The van der Waals surface area contributed by atoms with Crippen molar-refractivity contribution in [2.45, 2.75) is 5.41 Å². The zero-order valence-corrected chi connectivity index (χ0v) is 26.7. The van der Waals surface area contributed by atoms with Gasteiger partial charge in [-0.25, -0.2) is 0 Å². The Labute approximate surface area is 280 Å². The minimum Gasteiger partial charge on any atom is -0.263 e. The van der Waals surface area contributed by atoms with Crippen LogP contribution in [0.4, 0.5) is 0 Å². The van der Waals surface area contributed by atoms with Crippen molar-refractivity contribution in [2.75, 3.05) is 0 Å². The van der Waals surface area contributed by atoms with Crippen molar-refractivity contribution in [3.05, 3.63) is 180 Å². The quantitative estimate of drug-likeness (QED) is 0.182. The Balaban J connectivity index is 1.29. The molecular weight excluding hydrogens is 613 g/mol. The van der Waals surface area contributed by atoms with Gasteiger partial charge in [0.25, 0.3) is 0 Å². The van der Waals surface area contributed by atoms with Crippen LogP contribution in [0, 0.1) is 0 Å². The largest absolute Gasteiger partial charge is 0.263 e. The SMILES string of the molecule is c1ccc(C2(c3ccccc3)c3cc(-c4cncc(-c5cncs5)c4)ccc3-c3ccc(-c4cncc(-c5cncs5)c4)cc32)cc1. The van der Waals surface area contributed by atoms with Crippen molar-refractivity contribution in [1.29, 1.82) is 0 Å². The first kappa shape index (κ1) is 27.7. The molecule has 4 aromatic carbocycles. The van der Waals surface area contributed by atoms with Crippen molar-refractivity contribution >= 4 is 22.7 Å². The van der Waals surface area contributed by atoms with E-state index in [1.165, 1.54) is 33.4 Å². The summed E-state index contributed by atoms with van der Waals surface area (Å²) in [6.45, 7) is 0. The number of fused-ring (bicyclic) bond motifs is 3. The molecule has 0 saturated carbocycles. The van der Waals surface area contributed by atoms with Gasteiger partial charge in [-0.2, -0.15) is 0 Å². The van der Waals surface area contributed by atoms with Gasteiger partial charge in [0, 0.05) is 59.4 Å². The van der Waals surface area contributed by atoms with Crippen molar-refractivity contribution in [3.8, 4) is 54.3 Å². The summed E-state index contributed by atoms with van der Waals surface area (Å²) in [5.74, 6) is 0. The lowest BCUT2D eigenvalue weighted by atomic mass is 9.67. The van der Waals surface area contributed by atoms with Crippen LogP contribution in [-0.2, 0) is 5.41 Å². The fraction of sp³-hybridized carbons (Fsp3) is 0.0244. The third-order valence-electron chi connectivity index (χ3n) is 9.13. The van der Waals surface area contributed by atoms with E-state index in [0.717, 1.165) is 43.1 Å². The third kappa shape index (κ3) is 4.56. The molecule has 4 aromatic heterocycles. The summed E-state index contributed by atoms with van der Waals surface area (Å²) < 4.78 is 0. The molecule has 6 heteroatoms. The second-order valence-electron chi connectivity index (χ2n) is 11.7. The minimum atomic E-state index is -0.537. The van der Waals surface area contributed by atoms with E-state index in [0.29, 0.717) is 0 Å². The zero-order chi connectivity index (χ0) is 31.2. The number of nitrogens with zero attached hydrogens (tertiary/aromatic N) is 4. The molecule has 222 valence electrons. The van der Waals surface area contributed by atoms with Gasteiger partial charge in [-0.05, 0) is 68.8 Å². The highest BCUT2D eigenvalue weighted by Crippen LogP contribution is 2.57. The van der Waals surface area contributed by atoms with Crippen LogP contribution < -0.4 is 0 Å². The molecule has 0 aliphatic heterocycles. The highest BCUT2D eigenvalue weighted by Gasteiger charge is 2.46. The van der Waals surface area contributed by atoms with Gasteiger partial charge < -0.3 is 0 Å². The second kappa shape index (κ2) is 11.4. The monoisotopic (exact) mass is 638 g/mol.